The Kier molecular flexibility index (Phi) is 7.30. The van der Waals surface area contributed by atoms with Crippen LogP contribution in [-0.4, -0.2) is 40.7 Å². The zero-order valence-corrected chi connectivity index (χ0v) is 20.6. The summed E-state index contributed by atoms with van der Waals surface area (Å²) >= 11 is 3.29. The summed E-state index contributed by atoms with van der Waals surface area (Å²) in [5, 5.41) is 13.3. The molecule has 4 rings (SSSR count). The predicted molar refractivity (Wildman–Crippen MR) is 133 cm³/mol. The van der Waals surface area contributed by atoms with Gasteiger partial charge in [0.2, 0.25) is 0 Å². The molecule has 12 heteroatoms. The van der Waals surface area contributed by atoms with Crippen LogP contribution in [0.15, 0.2) is 75.0 Å². The van der Waals surface area contributed by atoms with Crippen LogP contribution >= 0.6 is 15.9 Å². The van der Waals surface area contributed by atoms with Gasteiger partial charge in [-0.1, -0.05) is 24.3 Å². The highest BCUT2D eigenvalue weighted by molar-refractivity contribution is 9.10. The van der Waals surface area contributed by atoms with E-state index in [1.165, 1.54) is 31.5 Å². The van der Waals surface area contributed by atoms with Crippen molar-refractivity contribution < 1.29 is 32.5 Å². The van der Waals surface area contributed by atoms with Crippen molar-refractivity contribution in [3.8, 4) is 22.9 Å². The Morgan fingerprint density at radius 3 is 2.62 bits per heavy atom. The first-order chi connectivity index (χ1) is 17.6. The summed E-state index contributed by atoms with van der Waals surface area (Å²) in [6, 6.07) is 13.9. The first-order valence-electron chi connectivity index (χ1n) is 10.5. The van der Waals surface area contributed by atoms with Crippen molar-refractivity contribution in [2.75, 3.05) is 13.7 Å². The van der Waals surface area contributed by atoms with Crippen LogP contribution in [0, 0.1) is 0 Å². The second-order valence-electron chi connectivity index (χ2n) is 7.61. The van der Waals surface area contributed by atoms with Crippen molar-refractivity contribution >= 4 is 39.0 Å². The summed E-state index contributed by atoms with van der Waals surface area (Å²) in [6.45, 7) is -0.596. The molecule has 1 aromatic heterocycles. The SMILES string of the molecule is COc1cc(C=Nn2c(-c3cccc(C(F)(F)F)c3)nc3ccccc3c2=O)cc(Br)c1OCC(=O)O. The normalized spacial score (nSPS) is 11.7. The smallest absolute Gasteiger partial charge is 0.416 e. The summed E-state index contributed by atoms with van der Waals surface area (Å²) in [5.41, 5.74) is -0.710. The van der Waals surface area contributed by atoms with Crippen molar-refractivity contribution in [1.29, 1.82) is 0 Å². The number of carbonyl (C=O) groups is 1. The number of methoxy groups -OCH3 is 1. The summed E-state index contributed by atoms with van der Waals surface area (Å²) < 4.78 is 51.9. The van der Waals surface area contributed by atoms with Crippen molar-refractivity contribution in [2.24, 2.45) is 5.10 Å². The van der Waals surface area contributed by atoms with E-state index in [0.29, 0.717) is 15.6 Å². The Hall–Kier alpha value is -4.19. The van der Waals surface area contributed by atoms with Crippen LogP contribution < -0.4 is 15.0 Å². The lowest BCUT2D eigenvalue weighted by Crippen LogP contribution is -2.20. The summed E-state index contributed by atoms with van der Waals surface area (Å²) in [6.07, 6.45) is -3.29. The third-order valence-corrected chi connectivity index (χ3v) is 5.70. The van der Waals surface area contributed by atoms with Crippen LogP contribution in [0.5, 0.6) is 11.5 Å². The van der Waals surface area contributed by atoms with E-state index in [9.17, 15) is 22.8 Å². The maximum absolute atomic E-state index is 13.3. The van der Waals surface area contributed by atoms with Gasteiger partial charge in [0, 0.05) is 5.56 Å². The average Bonchev–Trinajstić information content (AvgIpc) is 2.86. The van der Waals surface area contributed by atoms with Crippen LogP contribution in [0.25, 0.3) is 22.3 Å². The van der Waals surface area contributed by atoms with Crippen LogP contribution in [0.2, 0.25) is 0 Å². The van der Waals surface area contributed by atoms with Gasteiger partial charge in [-0.3, -0.25) is 4.79 Å². The molecule has 1 heterocycles. The number of aliphatic carboxylic acids is 1. The number of nitrogens with zero attached hydrogens (tertiary/aromatic N) is 3. The molecule has 0 unspecified atom stereocenters. The molecule has 0 saturated heterocycles. The van der Waals surface area contributed by atoms with Crippen LogP contribution in [0.3, 0.4) is 0 Å². The average molecular weight is 576 g/mol. The Bertz CT molecular complexity index is 1580. The van der Waals surface area contributed by atoms with E-state index >= 15 is 0 Å². The highest BCUT2D eigenvalue weighted by atomic mass is 79.9. The lowest BCUT2D eigenvalue weighted by molar-refractivity contribution is -0.139. The molecule has 0 atom stereocenters. The van der Waals surface area contributed by atoms with Crippen molar-refractivity contribution in [2.45, 2.75) is 6.18 Å². The molecule has 0 amide bonds. The Morgan fingerprint density at radius 2 is 1.92 bits per heavy atom. The molecule has 4 aromatic rings. The summed E-state index contributed by atoms with van der Waals surface area (Å²) in [4.78, 5) is 28.6. The van der Waals surface area contributed by atoms with Crippen LogP contribution in [0.4, 0.5) is 13.2 Å². The molecule has 0 radical (unpaired) electrons. The van der Waals surface area contributed by atoms with Crippen LogP contribution in [0.1, 0.15) is 11.1 Å². The van der Waals surface area contributed by atoms with Gasteiger partial charge < -0.3 is 14.6 Å². The van der Waals surface area contributed by atoms with Crippen molar-refractivity contribution in [1.82, 2.24) is 9.66 Å². The maximum atomic E-state index is 13.3. The van der Waals surface area contributed by atoms with E-state index < -0.39 is 29.9 Å². The van der Waals surface area contributed by atoms with Gasteiger partial charge in [-0.05, 0) is 57.9 Å². The highest BCUT2D eigenvalue weighted by Crippen LogP contribution is 2.36. The molecule has 37 heavy (non-hydrogen) atoms. The van der Waals surface area contributed by atoms with Gasteiger partial charge in [-0.15, -0.1) is 0 Å². The minimum atomic E-state index is -4.59. The van der Waals surface area contributed by atoms with E-state index in [-0.39, 0.29) is 28.3 Å². The number of fused-ring (bicyclic) bond motifs is 1. The molecule has 0 aliphatic heterocycles. The fourth-order valence-electron chi connectivity index (χ4n) is 3.46. The van der Waals surface area contributed by atoms with E-state index in [1.807, 2.05) is 0 Å². The number of aromatic nitrogens is 2. The molecule has 0 bridgehead atoms. The number of hydrogen-bond acceptors (Lipinski definition) is 6. The number of halogens is 4. The van der Waals surface area contributed by atoms with Gasteiger partial charge >= 0.3 is 12.1 Å². The van der Waals surface area contributed by atoms with E-state index in [4.69, 9.17) is 14.6 Å². The standard InChI is InChI=1S/C25H17BrF3N3O5/c1-36-20-10-14(9-18(26)22(20)37-13-21(33)34)12-30-32-23(15-5-4-6-16(11-15)25(27,28)29)31-19-8-3-2-7-17(19)24(32)35/h2-12H,13H2,1H3,(H,33,34). The molecule has 0 aliphatic carbocycles. The zero-order chi connectivity index (χ0) is 26.7. The third kappa shape index (κ3) is 5.64. The molecule has 0 aliphatic rings. The first kappa shape index (κ1) is 25.9. The van der Waals surface area contributed by atoms with E-state index in [0.717, 1.165) is 16.8 Å². The van der Waals surface area contributed by atoms with Crippen LogP contribution in [-0.2, 0) is 11.0 Å². The highest BCUT2D eigenvalue weighted by Gasteiger charge is 2.31. The molecule has 0 saturated carbocycles. The van der Waals surface area contributed by atoms with Gasteiger partial charge in [-0.2, -0.15) is 22.9 Å². The Balaban J connectivity index is 1.85. The number of carboxylic acids is 1. The monoisotopic (exact) mass is 575 g/mol. The molecular weight excluding hydrogens is 559 g/mol. The summed E-state index contributed by atoms with van der Waals surface area (Å²) in [5.74, 6) is -0.918. The topological polar surface area (TPSA) is 103 Å². The molecule has 0 fully saturated rings. The predicted octanol–water partition coefficient (Wildman–Crippen LogP) is 5.20. The van der Waals surface area contributed by atoms with E-state index in [2.05, 4.69) is 26.0 Å². The number of benzene rings is 3. The molecule has 3 aromatic carbocycles. The lowest BCUT2D eigenvalue weighted by Gasteiger charge is -2.13. The number of rotatable bonds is 7. The molecule has 8 nitrogen and oxygen atoms in total. The fourth-order valence-corrected chi connectivity index (χ4v) is 4.04. The third-order valence-electron chi connectivity index (χ3n) is 5.12. The van der Waals surface area contributed by atoms with Gasteiger partial charge in [-0.25, -0.2) is 9.78 Å². The second kappa shape index (κ2) is 10.4. The number of alkyl halides is 3. The fraction of sp³-hybridized carbons (Fsp3) is 0.120. The molecule has 190 valence electrons. The summed E-state index contributed by atoms with van der Waals surface area (Å²) in [7, 11) is 1.36. The Labute approximate surface area is 215 Å². The zero-order valence-electron chi connectivity index (χ0n) is 19.0. The van der Waals surface area contributed by atoms with E-state index in [1.54, 1.807) is 30.3 Å². The van der Waals surface area contributed by atoms with Gasteiger partial charge in [0.1, 0.15) is 0 Å². The maximum Gasteiger partial charge on any atom is 0.416 e. The minimum absolute atomic E-state index is 0.0472. The van der Waals surface area contributed by atoms with Gasteiger partial charge in [0.05, 0.1) is 34.3 Å². The quantitative estimate of drug-likeness (QED) is 0.304. The van der Waals surface area contributed by atoms with Gasteiger partial charge in [0.15, 0.2) is 23.9 Å². The van der Waals surface area contributed by atoms with Crippen molar-refractivity contribution in [3.05, 3.63) is 86.6 Å². The minimum Gasteiger partial charge on any atom is -0.493 e. The first-order valence-corrected chi connectivity index (χ1v) is 11.3. The van der Waals surface area contributed by atoms with Gasteiger partial charge in [0.25, 0.3) is 5.56 Å². The second-order valence-corrected chi connectivity index (χ2v) is 8.46. The lowest BCUT2D eigenvalue weighted by atomic mass is 10.1. The van der Waals surface area contributed by atoms with Crippen molar-refractivity contribution in [3.63, 3.8) is 0 Å². The number of para-hydroxylation sites is 1. The Morgan fingerprint density at radius 1 is 1.16 bits per heavy atom. The molecular formula is C25H17BrF3N3O5. The number of ether oxygens (including phenoxy) is 2. The molecule has 0 spiro atoms. The molecule has 1 N–H and O–H groups in total. The number of hydrogen-bond donors (Lipinski definition) is 1. The number of carboxylic acid groups (broad SMARTS) is 1. The largest absolute Gasteiger partial charge is 0.493 e.